The third-order valence-electron chi connectivity index (χ3n) is 3.43. The topological polar surface area (TPSA) is 63.7 Å². The molecule has 1 aromatic carbocycles. The zero-order valence-electron chi connectivity index (χ0n) is 11.7. The number of carbonyl (C=O) groups excluding carboxylic acids is 1. The summed E-state index contributed by atoms with van der Waals surface area (Å²) in [4.78, 5) is 13.3. The highest BCUT2D eigenvalue weighted by atomic mass is 32.2. The van der Waals surface area contributed by atoms with E-state index < -0.39 is 21.2 Å². The third kappa shape index (κ3) is 3.76. The minimum absolute atomic E-state index is 0.200. The Morgan fingerprint density at radius 3 is 2.57 bits per heavy atom. The number of carbonyl (C=O) groups is 1. The second kappa shape index (κ2) is 6.19. The first-order valence-electron chi connectivity index (χ1n) is 6.52. The van der Waals surface area contributed by atoms with Gasteiger partial charge in [-0.3, -0.25) is 0 Å². The molecule has 0 aliphatic carbocycles. The molecule has 1 aromatic rings. The Bertz CT molecular complexity index is 642. The van der Waals surface area contributed by atoms with E-state index in [0.29, 0.717) is 13.1 Å². The summed E-state index contributed by atoms with van der Waals surface area (Å²) in [7, 11) is -3.29. The quantitative estimate of drug-likeness (QED) is 0.787. The molecule has 2 rings (SSSR count). The van der Waals surface area contributed by atoms with Gasteiger partial charge in [-0.2, -0.15) is 0 Å². The summed E-state index contributed by atoms with van der Waals surface area (Å²) in [6.07, 6.45) is 5.94. The Morgan fingerprint density at radius 2 is 2.05 bits per heavy atom. The highest BCUT2D eigenvalue weighted by molar-refractivity contribution is 7.91. The molecule has 0 N–H and O–H groups in total. The van der Waals surface area contributed by atoms with Crippen molar-refractivity contribution in [3.05, 3.63) is 35.9 Å². The Kier molecular flexibility index (Phi) is 4.53. The number of ether oxygens (including phenoxy) is 1. The van der Waals surface area contributed by atoms with Crippen molar-refractivity contribution in [3.63, 3.8) is 0 Å². The minimum Gasteiger partial charge on any atom is -0.445 e. The highest BCUT2D eigenvalue weighted by Gasteiger charge is 2.40. The molecule has 1 amide bonds. The molecule has 5 nitrogen and oxygen atoms in total. The minimum atomic E-state index is -3.29. The van der Waals surface area contributed by atoms with Gasteiger partial charge in [0.05, 0.1) is 0 Å². The van der Waals surface area contributed by atoms with Crippen molar-refractivity contribution in [2.45, 2.75) is 11.9 Å². The van der Waals surface area contributed by atoms with E-state index in [4.69, 9.17) is 11.2 Å². The number of hydrogen-bond acceptors (Lipinski definition) is 4. The van der Waals surface area contributed by atoms with Crippen molar-refractivity contribution in [1.29, 1.82) is 0 Å². The van der Waals surface area contributed by atoms with E-state index in [1.165, 1.54) is 4.90 Å². The summed E-state index contributed by atoms with van der Waals surface area (Å²) in [5, 5.41) is -0.837. The smallest absolute Gasteiger partial charge is 0.410 e. The molecule has 0 radical (unpaired) electrons. The van der Waals surface area contributed by atoms with Gasteiger partial charge in [-0.15, -0.1) is 6.42 Å². The standard InChI is InChI=1S/C15H17NO4S/c1-3-14(21(2,18)19)13-9-16(10-13)15(17)20-11-12-7-5-4-6-8-12/h1,4-8,13-14H,9-11H2,2H3/t14-/m0/s1. The van der Waals surface area contributed by atoms with Crippen LogP contribution in [-0.2, 0) is 21.2 Å². The average molecular weight is 307 g/mol. The maximum Gasteiger partial charge on any atom is 0.410 e. The van der Waals surface area contributed by atoms with E-state index in [1.54, 1.807) is 0 Å². The first kappa shape index (κ1) is 15.4. The number of terminal acetylenes is 1. The van der Waals surface area contributed by atoms with Crippen molar-refractivity contribution in [2.24, 2.45) is 5.92 Å². The van der Waals surface area contributed by atoms with Crippen LogP contribution in [0.4, 0.5) is 4.79 Å². The molecule has 21 heavy (non-hydrogen) atoms. The summed E-state index contributed by atoms with van der Waals surface area (Å²) < 4.78 is 28.2. The van der Waals surface area contributed by atoms with Gasteiger partial charge in [0, 0.05) is 25.3 Å². The molecular weight excluding hydrogens is 290 g/mol. The zero-order chi connectivity index (χ0) is 15.5. The predicted octanol–water partition coefficient (Wildman–Crippen LogP) is 1.30. The van der Waals surface area contributed by atoms with Crippen LogP contribution in [0.25, 0.3) is 0 Å². The molecule has 0 spiro atoms. The molecule has 1 aliphatic rings. The van der Waals surface area contributed by atoms with E-state index in [-0.39, 0.29) is 12.5 Å². The highest BCUT2D eigenvalue weighted by Crippen LogP contribution is 2.24. The number of rotatable bonds is 4. The van der Waals surface area contributed by atoms with Crippen molar-refractivity contribution >= 4 is 15.9 Å². The van der Waals surface area contributed by atoms with Gasteiger partial charge in [0.1, 0.15) is 11.9 Å². The molecule has 112 valence electrons. The first-order valence-corrected chi connectivity index (χ1v) is 8.48. The van der Waals surface area contributed by atoms with Gasteiger partial charge >= 0.3 is 6.09 Å². The summed E-state index contributed by atoms with van der Waals surface area (Å²) in [5.41, 5.74) is 0.903. The maximum absolute atomic E-state index is 11.8. The first-order chi connectivity index (χ1) is 9.91. The van der Waals surface area contributed by atoms with Crippen LogP contribution in [0.2, 0.25) is 0 Å². The molecule has 0 saturated carbocycles. The van der Waals surface area contributed by atoms with Crippen molar-refractivity contribution in [2.75, 3.05) is 19.3 Å². The molecule has 1 saturated heterocycles. The van der Waals surface area contributed by atoms with Crippen LogP contribution in [-0.4, -0.2) is 44.0 Å². The van der Waals surface area contributed by atoms with Gasteiger partial charge in [0.25, 0.3) is 0 Å². The van der Waals surface area contributed by atoms with Crippen LogP contribution in [0.3, 0.4) is 0 Å². The van der Waals surface area contributed by atoms with Crippen LogP contribution in [0.1, 0.15) is 5.56 Å². The lowest BCUT2D eigenvalue weighted by Gasteiger charge is -2.40. The molecule has 0 aromatic heterocycles. The number of likely N-dealkylation sites (tertiary alicyclic amines) is 1. The van der Waals surface area contributed by atoms with Gasteiger partial charge in [-0.25, -0.2) is 13.2 Å². The average Bonchev–Trinajstić information content (AvgIpc) is 2.39. The maximum atomic E-state index is 11.8. The predicted molar refractivity (Wildman–Crippen MR) is 79.2 cm³/mol. The second-order valence-electron chi connectivity index (χ2n) is 5.12. The lowest BCUT2D eigenvalue weighted by Crippen LogP contribution is -2.55. The van der Waals surface area contributed by atoms with Gasteiger partial charge in [-0.05, 0) is 5.56 Å². The number of nitrogens with zero attached hydrogens (tertiary/aromatic N) is 1. The lowest BCUT2D eigenvalue weighted by molar-refractivity contribution is 0.0515. The van der Waals surface area contributed by atoms with Crippen molar-refractivity contribution < 1.29 is 17.9 Å². The number of hydrogen-bond donors (Lipinski definition) is 0. The van der Waals surface area contributed by atoms with Crippen molar-refractivity contribution in [1.82, 2.24) is 4.90 Å². The largest absolute Gasteiger partial charge is 0.445 e. The number of sulfone groups is 1. The van der Waals surface area contributed by atoms with Gasteiger partial charge in [-0.1, -0.05) is 36.3 Å². The monoisotopic (exact) mass is 307 g/mol. The fourth-order valence-electron chi connectivity index (χ4n) is 2.27. The number of amides is 1. The molecule has 0 bridgehead atoms. The normalized spacial score (nSPS) is 16.7. The summed E-state index contributed by atoms with van der Waals surface area (Å²) in [6.45, 7) is 0.830. The van der Waals surface area contributed by atoms with Crippen LogP contribution in [0.15, 0.2) is 30.3 Å². The van der Waals surface area contributed by atoms with E-state index >= 15 is 0 Å². The lowest BCUT2D eigenvalue weighted by atomic mass is 9.97. The molecule has 0 unspecified atom stereocenters. The van der Waals surface area contributed by atoms with E-state index in [1.807, 2.05) is 30.3 Å². The Labute approximate surface area is 124 Å². The second-order valence-corrected chi connectivity index (χ2v) is 7.29. The van der Waals surface area contributed by atoms with Crippen LogP contribution >= 0.6 is 0 Å². The Hall–Kier alpha value is -2.00. The fraction of sp³-hybridized carbons (Fsp3) is 0.400. The van der Waals surface area contributed by atoms with E-state index in [0.717, 1.165) is 11.8 Å². The molecule has 1 heterocycles. The zero-order valence-corrected chi connectivity index (χ0v) is 12.5. The molecule has 6 heteroatoms. The van der Waals surface area contributed by atoms with E-state index in [2.05, 4.69) is 5.92 Å². The van der Waals surface area contributed by atoms with Gasteiger partial charge in [0.2, 0.25) is 0 Å². The molecule has 1 aliphatic heterocycles. The molecular formula is C15H17NO4S. The SMILES string of the molecule is C#C[C@@H](C1CN(C(=O)OCc2ccccc2)C1)S(C)(=O)=O. The van der Waals surface area contributed by atoms with Crippen LogP contribution in [0.5, 0.6) is 0 Å². The molecule has 1 fully saturated rings. The van der Waals surface area contributed by atoms with Gasteiger partial charge < -0.3 is 9.64 Å². The van der Waals surface area contributed by atoms with Crippen LogP contribution in [0, 0.1) is 18.3 Å². The Balaban J connectivity index is 1.82. The molecule has 1 atom stereocenters. The van der Waals surface area contributed by atoms with Crippen molar-refractivity contribution in [3.8, 4) is 12.3 Å². The summed E-state index contributed by atoms with van der Waals surface area (Å²) in [6, 6.07) is 9.35. The Morgan fingerprint density at radius 1 is 1.43 bits per heavy atom. The van der Waals surface area contributed by atoms with Gasteiger partial charge in [0.15, 0.2) is 9.84 Å². The third-order valence-corrected chi connectivity index (χ3v) is 4.87. The summed E-state index contributed by atoms with van der Waals surface area (Å²) >= 11 is 0. The fourth-order valence-corrected chi connectivity index (χ4v) is 3.39. The number of benzene rings is 1. The van der Waals surface area contributed by atoms with Crippen LogP contribution < -0.4 is 0 Å². The van der Waals surface area contributed by atoms with E-state index in [9.17, 15) is 13.2 Å². The summed E-state index contributed by atoms with van der Waals surface area (Å²) in [5.74, 6) is 2.08.